The Morgan fingerprint density at radius 1 is 1.17 bits per heavy atom. The first-order valence-corrected chi connectivity index (χ1v) is 6.56. The van der Waals surface area contributed by atoms with Crippen LogP contribution in [0.15, 0.2) is 60.9 Å². The van der Waals surface area contributed by atoms with Crippen LogP contribution in [0.3, 0.4) is 0 Å². The van der Waals surface area contributed by atoms with Crippen molar-refractivity contribution in [2.45, 2.75) is 0 Å². The van der Waals surface area contributed by atoms with Gasteiger partial charge in [-0.2, -0.15) is 0 Å². The van der Waals surface area contributed by atoms with Gasteiger partial charge in [0.2, 0.25) is 0 Å². The molecule has 0 fully saturated rings. The topological polar surface area (TPSA) is 64.3 Å². The molecule has 1 radical (unpaired) electrons. The average Bonchev–Trinajstić information content (AvgIpc) is 2.57. The first-order valence-electron chi connectivity index (χ1n) is 6.56. The molecule has 0 bridgehead atoms. The molecule has 125 valence electrons. The van der Waals surface area contributed by atoms with Crippen LogP contribution >= 0.6 is 0 Å². The summed E-state index contributed by atoms with van der Waals surface area (Å²) in [5.41, 5.74) is 0.842. The number of benzene rings is 1. The molecule has 3 rings (SSSR count). The van der Waals surface area contributed by atoms with Crippen LogP contribution in [0, 0.1) is 17.7 Å². The number of halogens is 2. The van der Waals surface area contributed by atoms with E-state index in [2.05, 4.69) is 16.0 Å². The fourth-order valence-electron chi connectivity index (χ4n) is 1.68. The third kappa shape index (κ3) is 5.61. The van der Waals surface area contributed by atoms with Gasteiger partial charge >= 0.3 is 5.97 Å². The van der Waals surface area contributed by atoms with Crippen molar-refractivity contribution in [3.8, 4) is 11.3 Å². The second-order valence-electron chi connectivity index (χ2n) is 4.34. The standard InChI is InChI=1S/C11H6F2N.C6H5NO2.Ir/c12-8-4-5-9(10(13)7-8)11-3-1-2-6-14-11;8-6(9)5-3-1-2-4-7-5;/h1-4,6-7H;1-4H,(H,8,9);/q-1;;/p+1. The summed E-state index contributed by atoms with van der Waals surface area (Å²) in [6.45, 7) is 0. The zero-order valence-corrected chi connectivity index (χ0v) is 14.6. The summed E-state index contributed by atoms with van der Waals surface area (Å²) in [5, 5.41) is 8.35. The van der Waals surface area contributed by atoms with Crippen LogP contribution in [0.1, 0.15) is 10.5 Å². The zero-order chi connectivity index (χ0) is 16.7. The number of H-pyrrole nitrogens is 1. The van der Waals surface area contributed by atoms with E-state index in [0.29, 0.717) is 5.69 Å². The van der Waals surface area contributed by atoms with Gasteiger partial charge in [0.1, 0.15) is 0 Å². The minimum Gasteiger partial charge on any atom is -0.473 e. The Balaban J connectivity index is 0.000000252. The van der Waals surface area contributed by atoms with Crippen LogP contribution in [0.2, 0.25) is 0 Å². The van der Waals surface area contributed by atoms with Gasteiger partial charge in [0.05, 0.1) is 0 Å². The summed E-state index contributed by atoms with van der Waals surface area (Å²) in [7, 11) is 0. The van der Waals surface area contributed by atoms with Crippen LogP contribution in [-0.4, -0.2) is 16.1 Å². The molecular formula is C17H12F2IrN2O2. The number of aromatic carboxylic acids is 1. The predicted octanol–water partition coefficient (Wildman–Crippen LogP) is 3.02. The summed E-state index contributed by atoms with van der Waals surface area (Å²) in [6.07, 6.45) is 3.12. The number of rotatable bonds is 2. The van der Waals surface area contributed by atoms with Gasteiger partial charge in [-0.15, -0.1) is 12.1 Å². The zero-order valence-electron chi connectivity index (χ0n) is 12.2. The Hall–Kier alpha value is -2.50. The largest absolute Gasteiger partial charge is 0.473 e. The molecule has 2 N–H and O–H groups in total. The van der Waals surface area contributed by atoms with Crippen molar-refractivity contribution >= 4 is 5.97 Å². The summed E-state index contributed by atoms with van der Waals surface area (Å²) in [4.78, 5) is 16.7. The number of nitrogens with zero attached hydrogens (tertiary/aromatic N) is 1. The molecule has 3 aromatic rings. The predicted molar refractivity (Wildman–Crippen MR) is 78.4 cm³/mol. The van der Waals surface area contributed by atoms with Gasteiger partial charge in [-0.1, -0.05) is 23.8 Å². The summed E-state index contributed by atoms with van der Waals surface area (Å²) >= 11 is 0. The van der Waals surface area contributed by atoms with E-state index < -0.39 is 17.6 Å². The van der Waals surface area contributed by atoms with E-state index in [1.807, 2.05) is 0 Å². The Morgan fingerprint density at radius 3 is 2.42 bits per heavy atom. The van der Waals surface area contributed by atoms with E-state index >= 15 is 0 Å². The molecule has 2 heterocycles. The number of carboxylic acids is 1. The van der Waals surface area contributed by atoms with Crippen LogP contribution in [-0.2, 0) is 20.1 Å². The van der Waals surface area contributed by atoms with E-state index in [1.165, 1.54) is 6.07 Å². The minimum atomic E-state index is -0.935. The molecule has 0 aliphatic rings. The van der Waals surface area contributed by atoms with Crippen molar-refractivity contribution in [1.29, 1.82) is 0 Å². The molecule has 0 atom stereocenters. The number of carboxylic acid groups (broad SMARTS) is 1. The molecule has 0 aliphatic heterocycles. The molecule has 0 spiro atoms. The smallest absolute Gasteiger partial charge is 0.401 e. The fourth-order valence-corrected chi connectivity index (χ4v) is 1.68. The maximum absolute atomic E-state index is 13.2. The Kier molecular flexibility index (Phi) is 7.82. The van der Waals surface area contributed by atoms with E-state index in [9.17, 15) is 13.6 Å². The second-order valence-corrected chi connectivity index (χ2v) is 4.34. The van der Waals surface area contributed by atoms with E-state index in [1.54, 1.807) is 42.7 Å². The minimum absolute atomic E-state index is 0. The van der Waals surface area contributed by atoms with Gasteiger partial charge in [0.25, 0.3) is 5.69 Å². The third-order valence-electron chi connectivity index (χ3n) is 2.72. The molecule has 4 nitrogen and oxygen atoms in total. The van der Waals surface area contributed by atoms with Crippen molar-refractivity contribution in [3.63, 3.8) is 0 Å². The van der Waals surface area contributed by atoms with Crippen molar-refractivity contribution in [1.82, 2.24) is 4.98 Å². The number of aromatic nitrogens is 2. The number of hydrogen-bond donors (Lipinski definition) is 1. The van der Waals surface area contributed by atoms with Crippen molar-refractivity contribution < 1.29 is 43.8 Å². The molecule has 0 aliphatic carbocycles. The maximum Gasteiger partial charge on any atom is 0.401 e. The SMILES string of the molecule is Fc1c[c-]c(-c2ccccn2)c(F)c1.O=C(O)c1cccc[nH+]1.[Ir]. The van der Waals surface area contributed by atoms with Crippen LogP contribution in [0.25, 0.3) is 11.3 Å². The summed E-state index contributed by atoms with van der Waals surface area (Å²) < 4.78 is 25.8. The number of pyridine rings is 2. The molecule has 0 saturated heterocycles. The second kappa shape index (κ2) is 9.60. The third-order valence-corrected chi connectivity index (χ3v) is 2.72. The molecule has 0 unspecified atom stereocenters. The van der Waals surface area contributed by atoms with Gasteiger partial charge in [-0.3, -0.25) is 8.78 Å². The Bertz CT molecular complexity index is 787. The van der Waals surface area contributed by atoms with Crippen molar-refractivity contribution in [2.75, 3.05) is 0 Å². The maximum atomic E-state index is 13.2. The van der Waals surface area contributed by atoms with Gasteiger partial charge in [0.15, 0.2) is 6.20 Å². The van der Waals surface area contributed by atoms with E-state index in [4.69, 9.17) is 5.11 Å². The first-order chi connectivity index (χ1) is 11.1. The number of nitrogens with one attached hydrogen (secondary N) is 1. The molecule has 0 saturated carbocycles. The number of carbonyl (C=O) groups is 1. The molecular weight excluding hydrogens is 494 g/mol. The molecule has 7 heteroatoms. The van der Waals surface area contributed by atoms with Crippen LogP contribution < -0.4 is 4.98 Å². The Morgan fingerprint density at radius 2 is 1.92 bits per heavy atom. The van der Waals surface area contributed by atoms with Gasteiger partial charge in [-0.05, 0) is 17.8 Å². The van der Waals surface area contributed by atoms with Gasteiger partial charge in [-0.25, -0.2) is 9.78 Å². The quantitative estimate of drug-likeness (QED) is 0.544. The molecule has 0 amide bonds. The summed E-state index contributed by atoms with van der Waals surface area (Å²) in [5.74, 6) is -2.22. The van der Waals surface area contributed by atoms with Crippen molar-refractivity contribution in [2.24, 2.45) is 0 Å². The number of hydrogen-bond acceptors (Lipinski definition) is 2. The van der Waals surface area contributed by atoms with Gasteiger partial charge in [0, 0.05) is 50.1 Å². The van der Waals surface area contributed by atoms with Gasteiger partial charge < -0.3 is 10.1 Å². The summed E-state index contributed by atoms with van der Waals surface area (Å²) in [6, 6.07) is 14.4. The molecule has 24 heavy (non-hydrogen) atoms. The fraction of sp³-hybridized carbons (Fsp3) is 0. The average molecular weight is 507 g/mol. The first kappa shape index (κ1) is 19.5. The van der Waals surface area contributed by atoms with Crippen LogP contribution in [0.4, 0.5) is 8.78 Å². The van der Waals surface area contributed by atoms with Crippen LogP contribution in [0.5, 0.6) is 0 Å². The monoisotopic (exact) mass is 507 g/mol. The van der Waals surface area contributed by atoms with E-state index in [0.717, 1.165) is 12.1 Å². The normalized spacial score (nSPS) is 9.25. The molecule has 1 aromatic carbocycles. The van der Waals surface area contributed by atoms with E-state index in [-0.39, 0.29) is 31.4 Å². The number of aromatic amines is 1. The molecule has 2 aromatic heterocycles. The van der Waals surface area contributed by atoms with Crippen molar-refractivity contribution in [3.05, 3.63) is 84.3 Å². The Labute approximate surface area is 150 Å².